The van der Waals surface area contributed by atoms with Crippen molar-refractivity contribution in [3.05, 3.63) is 167 Å². The third kappa shape index (κ3) is 6.42. The van der Waals surface area contributed by atoms with Crippen molar-refractivity contribution in [1.29, 1.82) is 0 Å². The topological polar surface area (TPSA) is 6.48 Å². The van der Waals surface area contributed by atoms with Crippen LogP contribution in [-0.2, 0) is 0 Å². The molecule has 0 spiro atoms. The van der Waals surface area contributed by atoms with E-state index in [0.29, 0.717) is 0 Å². The normalized spacial score (nSPS) is 11.8. The third-order valence-corrected chi connectivity index (χ3v) is 7.12. The Labute approximate surface area is 239 Å². The third-order valence-electron chi connectivity index (χ3n) is 7.12. The van der Waals surface area contributed by atoms with E-state index in [1.54, 1.807) is 0 Å². The fourth-order valence-corrected chi connectivity index (χ4v) is 4.80. The van der Waals surface area contributed by atoms with E-state index in [-0.39, 0.29) is 0 Å². The van der Waals surface area contributed by atoms with E-state index in [1.807, 2.05) is 0 Å². The van der Waals surface area contributed by atoms with Crippen molar-refractivity contribution in [1.82, 2.24) is 0 Å². The summed E-state index contributed by atoms with van der Waals surface area (Å²) in [5.41, 5.74) is 12.0. The molecule has 0 atom stereocenters. The Kier molecular flexibility index (Phi) is 8.27. The highest BCUT2D eigenvalue weighted by Gasteiger charge is 2.08. The zero-order chi connectivity index (χ0) is 27.9. The molecule has 0 aliphatic rings. The molecule has 40 heavy (non-hydrogen) atoms. The first-order valence-electron chi connectivity index (χ1n) is 13.7. The molecule has 0 aliphatic heterocycles. The number of rotatable bonds is 8. The van der Waals surface area contributed by atoms with Gasteiger partial charge < -0.3 is 9.80 Å². The Morgan fingerprint density at radius 3 is 0.975 bits per heavy atom. The van der Waals surface area contributed by atoms with Crippen LogP contribution in [-0.4, -0.2) is 28.2 Å². The summed E-state index contributed by atoms with van der Waals surface area (Å²) in [7, 11) is 8.28. The van der Waals surface area contributed by atoms with Crippen LogP contribution in [0, 0.1) is 0 Å². The lowest BCUT2D eigenvalue weighted by atomic mass is 9.94. The standard InChI is InChI=1S/C38H36N2/c1-39(2)35-23-19-33(20-24-35)37(31-11-7-5-8-12-31)27-29-15-17-30(18-16-29)28-38(32-13-9-6-10-14-32)34-21-25-36(26-22-34)40(3)4/h5-28H,1-4H3/b37-27+,38-28+. The minimum Gasteiger partial charge on any atom is -0.378 e. The second-order valence-electron chi connectivity index (χ2n) is 10.4. The molecule has 0 saturated heterocycles. The fourth-order valence-electron chi connectivity index (χ4n) is 4.80. The quantitative estimate of drug-likeness (QED) is 0.188. The minimum absolute atomic E-state index is 1.17. The van der Waals surface area contributed by atoms with E-state index in [9.17, 15) is 0 Å². The molecule has 0 radical (unpaired) electrons. The van der Waals surface area contributed by atoms with E-state index < -0.39 is 0 Å². The Bertz CT molecular complexity index is 1450. The Balaban J connectivity index is 1.51. The van der Waals surface area contributed by atoms with Crippen LogP contribution in [0.5, 0.6) is 0 Å². The van der Waals surface area contributed by atoms with Crippen LogP contribution in [0.25, 0.3) is 23.3 Å². The molecule has 0 aliphatic carbocycles. The van der Waals surface area contributed by atoms with Gasteiger partial charge in [0.15, 0.2) is 0 Å². The van der Waals surface area contributed by atoms with Crippen molar-refractivity contribution in [3.63, 3.8) is 0 Å². The largest absolute Gasteiger partial charge is 0.378 e. The summed E-state index contributed by atoms with van der Waals surface area (Å²) in [6, 6.07) is 47.6. The van der Waals surface area contributed by atoms with Crippen molar-refractivity contribution < 1.29 is 0 Å². The molecule has 0 heterocycles. The molecular formula is C38H36N2. The fraction of sp³-hybridized carbons (Fsp3) is 0.105. The van der Waals surface area contributed by atoms with E-state index in [1.165, 1.54) is 55.9 Å². The van der Waals surface area contributed by atoms with Crippen LogP contribution < -0.4 is 9.80 Å². The first kappa shape index (κ1) is 26.8. The zero-order valence-electron chi connectivity index (χ0n) is 23.8. The van der Waals surface area contributed by atoms with Crippen molar-refractivity contribution in [3.8, 4) is 0 Å². The number of hydrogen-bond donors (Lipinski definition) is 0. The summed E-state index contributed by atoms with van der Waals surface area (Å²) < 4.78 is 0. The maximum absolute atomic E-state index is 2.28. The molecule has 5 aromatic carbocycles. The second kappa shape index (κ2) is 12.4. The van der Waals surface area contributed by atoms with Gasteiger partial charge >= 0.3 is 0 Å². The Hall–Kier alpha value is -4.82. The molecule has 2 nitrogen and oxygen atoms in total. The lowest BCUT2D eigenvalue weighted by molar-refractivity contribution is 1.13. The monoisotopic (exact) mass is 520 g/mol. The molecule has 2 heteroatoms. The first-order valence-corrected chi connectivity index (χ1v) is 13.7. The van der Waals surface area contributed by atoms with Crippen LogP contribution in [0.15, 0.2) is 133 Å². The maximum Gasteiger partial charge on any atom is 0.0361 e. The number of benzene rings is 5. The predicted octanol–water partition coefficient (Wildman–Crippen LogP) is 9.00. The highest BCUT2D eigenvalue weighted by atomic mass is 15.1. The average molecular weight is 521 g/mol. The van der Waals surface area contributed by atoms with E-state index in [2.05, 4.69) is 184 Å². The molecule has 0 amide bonds. The molecule has 0 N–H and O–H groups in total. The van der Waals surface area contributed by atoms with E-state index >= 15 is 0 Å². The molecule has 0 saturated carbocycles. The maximum atomic E-state index is 2.28. The smallest absolute Gasteiger partial charge is 0.0361 e. The molecular weight excluding hydrogens is 484 g/mol. The number of hydrogen-bond acceptors (Lipinski definition) is 2. The lowest BCUT2D eigenvalue weighted by Gasteiger charge is -2.15. The van der Waals surface area contributed by atoms with Gasteiger partial charge in [0.2, 0.25) is 0 Å². The summed E-state index contributed by atoms with van der Waals surface area (Å²) in [4.78, 5) is 4.25. The van der Waals surface area contributed by atoms with Gasteiger partial charge in [0, 0.05) is 39.6 Å². The van der Waals surface area contributed by atoms with Crippen molar-refractivity contribution in [2.45, 2.75) is 0 Å². The van der Waals surface area contributed by atoms with Crippen LogP contribution >= 0.6 is 0 Å². The Morgan fingerprint density at radius 1 is 0.375 bits per heavy atom. The summed E-state index contributed by atoms with van der Waals surface area (Å²) >= 11 is 0. The van der Waals surface area contributed by atoms with Gasteiger partial charge in [0.25, 0.3) is 0 Å². The van der Waals surface area contributed by atoms with Gasteiger partial charge in [-0.15, -0.1) is 0 Å². The summed E-state index contributed by atoms with van der Waals surface area (Å²) in [6.07, 6.45) is 4.57. The number of nitrogens with zero attached hydrogens (tertiary/aromatic N) is 2. The lowest BCUT2D eigenvalue weighted by Crippen LogP contribution is -2.08. The van der Waals surface area contributed by atoms with Crippen molar-refractivity contribution in [2.24, 2.45) is 0 Å². The first-order chi connectivity index (χ1) is 19.5. The van der Waals surface area contributed by atoms with Gasteiger partial charge in [-0.05, 0) is 80.9 Å². The molecule has 5 rings (SSSR count). The highest BCUT2D eigenvalue weighted by Crippen LogP contribution is 2.30. The minimum atomic E-state index is 1.17. The van der Waals surface area contributed by atoms with Gasteiger partial charge in [0.1, 0.15) is 0 Å². The molecule has 0 fully saturated rings. The highest BCUT2D eigenvalue weighted by molar-refractivity contribution is 5.93. The summed E-state index contributed by atoms with van der Waals surface area (Å²) in [6.45, 7) is 0. The van der Waals surface area contributed by atoms with Gasteiger partial charge in [0.05, 0.1) is 0 Å². The second-order valence-corrected chi connectivity index (χ2v) is 10.4. The number of anilines is 2. The van der Waals surface area contributed by atoms with Crippen molar-refractivity contribution in [2.75, 3.05) is 38.0 Å². The van der Waals surface area contributed by atoms with E-state index in [0.717, 1.165) is 0 Å². The van der Waals surface area contributed by atoms with Gasteiger partial charge in [-0.3, -0.25) is 0 Å². The van der Waals surface area contributed by atoms with Crippen molar-refractivity contribution >= 4 is 34.7 Å². The van der Waals surface area contributed by atoms with Crippen LogP contribution in [0.4, 0.5) is 11.4 Å². The van der Waals surface area contributed by atoms with E-state index in [4.69, 9.17) is 0 Å². The average Bonchev–Trinajstić information content (AvgIpc) is 3.00. The molecule has 0 unspecified atom stereocenters. The van der Waals surface area contributed by atoms with Crippen LogP contribution in [0.1, 0.15) is 33.4 Å². The zero-order valence-corrected chi connectivity index (χ0v) is 23.8. The summed E-state index contributed by atoms with van der Waals surface area (Å²) in [5.74, 6) is 0. The van der Waals surface area contributed by atoms with Gasteiger partial charge in [-0.2, -0.15) is 0 Å². The molecule has 0 aromatic heterocycles. The van der Waals surface area contributed by atoms with Gasteiger partial charge in [-0.25, -0.2) is 0 Å². The predicted molar refractivity (Wildman–Crippen MR) is 175 cm³/mol. The van der Waals surface area contributed by atoms with Gasteiger partial charge in [-0.1, -0.05) is 109 Å². The van der Waals surface area contributed by atoms with Crippen LogP contribution in [0.2, 0.25) is 0 Å². The molecule has 0 bridgehead atoms. The summed E-state index contributed by atoms with van der Waals surface area (Å²) in [5, 5.41) is 0. The Morgan fingerprint density at radius 2 is 0.675 bits per heavy atom. The molecule has 5 aromatic rings. The van der Waals surface area contributed by atoms with Crippen LogP contribution in [0.3, 0.4) is 0 Å². The SMILES string of the molecule is CN(C)c1ccc(/C(=C/c2ccc(/C=C(\c3ccccc3)c3ccc(N(C)C)cc3)cc2)c2ccccc2)cc1. The molecule has 198 valence electrons.